The van der Waals surface area contributed by atoms with E-state index in [-0.39, 0.29) is 24.8 Å². The molecule has 50 heavy (non-hydrogen) atoms. The molecule has 0 spiro atoms. The first kappa shape index (κ1) is 36.8. The molecule has 3 aromatic heterocycles. The average Bonchev–Trinajstić information content (AvgIpc) is 3.75. The molecule has 0 aromatic carbocycles. The predicted molar refractivity (Wildman–Crippen MR) is 204 cm³/mol. The first-order chi connectivity index (χ1) is 24.1. The number of hydrogen-bond acceptors (Lipinski definition) is 6. The molecule has 0 saturated heterocycles. The number of aryl methyl sites for hydroxylation is 4. The Kier molecular flexibility index (Phi) is 12.1. The number of unbranched alkanes of at least 4 members (excludes halogenated alkanes) is 2. The van der Waals surface area contributed by atoms with E-state index in [0.29, 0.717) is 26.1 Å². The van der Waals surface area contributed by atoms with Gasteiger partial charge in [-0.3, -0.25) is 9.59 Å². The molecule has 2 aliphatic rings. The van der Waals surface area contributed by atoms with Crippen molar-refractivity contribution in [1.82, 2.24) is 19.9 Å². The normalized spacial score (nSPS) is 13.0. The second-order valence-electron chi connectivity index (χ2n) is 13.5. The maximum absolute atomic E-state index is 12.7. The molecular formula is C42H54N4O4. The minimum absolute atomic E-state index is 0.198. The van der Waals surface area contributed by atoms with E-state index >= 15 is 0 Å². The molecule has 0 radical (unpaired) electrons. The Morgan fingerprint density at radius 1 is 0.580 bits per heavy atom. The zero-order chi connectivity index (χ0) is 35.9. The number of rotatable bonds is 14. The van der Waals surface area contributed by atoms with Gasteiger partial charge >= 0.3 is 11.9 Å². The van der Waals surface area contributed by atoms with Gasteiger partial charge in [0.1, 0.15) is 0 Å². The van der Waals surface area contributed by atoms with E-state index in [1.165, 1.54) is 22.3 Å². The smallest absolute Gasteiger partial charge is 0.306 e. The van der Waals surface area contributed by atoms with Gasteiger partial charge < -0.3 is 19.4 Å². The molecular weight excluding hydrogens is 624 g/mol. The lowest BCUT2D eigenvalue weighted by Gasteiger charge is -2.08. The number of carbonyl (C=O) groups is 2. The zero-order valence-corrected chi connectivity index (χ0v) is 31.3. The molecule has 0 aliphatic carbocycles. The standard InChI is InChI=1S/C42H54N4O4/c1-9-13-19-49-41(47)17-15-31-27(7)34-21-33-25(5)29(11-3)37(43-33)22-35-26(6)30(12-4)38(44-35)23-36-28(8)32(40(46-36)24-39(31)45-34)16-18-42(48)50-20-14-10-2/h21-24,43-44H,9-20H2,1-8H3. The van der Waals surface area contributed by atoms with Crippen LogP contribution in [0.2, 0.25) is 0 Å². The molecule has 266 valence electrons. The summed E-state index contributed by atoms with van der Waals surface area (Å²) in [6.07, 6.45) is 7.00. The maximum atomic E-state index is 12.7. The highest BCUT2D eigenvalue weighted by molar-refractivity contribution is 5.96. The number of carbonyl (C=O) groups excluding carboxylic acids is 2. The third kappa shape index (κ3) is 7.95. The van der Waals surface area contributed by atoms with E-state index in [1.807, 2.05) is 6.07 Å². The third-order valence-corrected chi connectivity index (χ3v) is 10.2. The fraction of sp³-hybridized carbons (Fsp3) is 0.476. The monoisotopic (exact) mass is 678 g/mol. The van der Waals surface area contributed by atoms with E-state index in [0.717, 1.165) is 106 Å². The van der Waals surface area contributed by atoms with Crippen LogP contribution in [-0.2, 0) is 31.9 Å². The lowest BCUT2D eigenvalue weighted by molar-refractivity contribution is -0.144. The Labute approximate surface area is 296 Å². The molecule has 8 heteroatoms. The van der Waals surface area contributed by atoms with Crippen molar-refractivity contribution in [2.45, 2.75) is 120 Å². The van der Waals surface area contributed by atoms with Gasteiger partial charge in [0.15, 0.2) is 0 Å². The van der Waals surface area contributed by atoms with Gasteiger partial charge in [-0.05, 0) is 135 Å². The van der Waals surface area contributed by atoms with Crippen LogP contribution in [0.5, 0.6) is 0 Å². The Morgan fingerprint density at radius 2 is 1.00 bits per heavy atom. The van der Waals surface area contributed by atoms with Crippen LogP contribution >= 0.6 is 0 Å². The fourth-order valence-electron chi connectivity index (χ4n) is 7.02. The topological polar surface area (TPSA) is 110 Å². The van der Waals surface area contributed by atoms with Crippen molar-refractivity contribution >= 4 is 56.3 Å². The van der Waals surface area contributed by atoms with Gasteiger partial charge in [0, 0.05) is 34.9 Å². The van der Waals surface area contributed by atoms with E-state index < -0.39 is 0 Å². The van der Waals surface area contributed by atoms with Gasteiger partial charge in [0.05, 0.1) is 36.0 Å². The largest absolute Gasteiger partial charge is 0.466 e. The summed E-state index contributed by atoms with van der Waals surface area (Å²) in [5, 5.41) is 0. The van der Waals surface area contributed by atoms with Crippen molar-refractivity contribution in [2.75, 3.05) is 13.2 Å². The molecule has 0 atom stereocenters. The van der Waals surface area contributed by atoms with Crippen molar-refractivity contribution in [2.24, 2.45) is 0 Å². The highest BCUT2D eigenvalue weighted by atomic mass is 16.5. The number of allylic oxidation sites excluding steroid dienone is 4. The van der Waals surface area contributed by atoms with Crippen LogP contribution in [0.3, 0.4) is 0 Å². The van der Waals surface area contributed by atoms with Crippen molar-refractivity contribution < 1.29 is 19.1 Å². The molecule has 0 unspecified atom stereocenters. The van der Waals surface area contributed by atoms with Crippen LogP contribution in [-0.4, -0.2) is 45.1 Å². The van der Waals surface area contributed by atoms with Crippen LogP contribution in [0.4, 0.5) is 0 Å². The summed E-state index contributed by atoms with van der Waals surface area (Å²) < 4.78 is 11.0. The maximum Gasteiger partial charge on any atom is 0.306 e. The van der Waals surface area contributed by atoms with E-state index in [9.17, 15) is 9.59 Å². The first-order valence-electron chi connectivity index (χ1n) is 18.5. The first-order valence-corrected chi connectivity index (χ1v) is 18.5. The Balaban J connectivity index is 1.73. The Bertz CT molecular complexity index is 1990. The molecule has 0 amide bonds. The van der Waals surface area contributed by atoms with Crippen molar-refractivity contribution in [1.29, 1.82) is 0 Å². The second kappa shape index (κ2) is 16.5. The quantitative estimate of drug-likeness (QED) is 0.130. The number of aromatic amines is 2. The molecule has 0 fully saturated rings. The van der Waals surface area contributed by atoms with Crippen LogP contribution < -0.4 is 0 Å². The molecule has 3 aromatic rings. The highest BCUT2D eigenvalue weighted by Gasteiger charge is 2.23. The predicted octanol–water partition coefficient (Wildman–Crippen LogP) is 10.2. The van der Waals surface area contributed by atoms with Gasteiger partial charge in [-0.25, -0.2) is 9.97 Å². The second-order valence-corrected chi connectivity index (χ2v) is 13.5. The average molecular weight is 679 g/mol. The minimum Gasteiger partial charge on any atom is -0.466 e. The molecule has 8 bridgehead atoms. The Hall–Kier alpha value is -4.46. The van der Waals surface area contributed by atoms with Gasteiger partial charge in [0.25, 0.3) is 0 Å². The fourth-order valence-corrected chi connectivity index (χ4v) is 7.02. The molecule has 8 nitrogen and oxygen atoms in total. The van der Waals surface area contributed by atoms with E-state index in [4.69, 9.17) is 19.4 Å². The number of aromatic nitrogens is 4. The number of ether oxygens (including phenoxy) is 2. The lowest BCUT2D eigenvalue weighted by atomic mass is 9.98. The molecule has 2 aliphatic heterocycles. The number of esters is 2. The van der Waals surface area contributed by atoms with Crippen molar-refractivity contribution in [3.8, 4) is 0 Å². The van der Waals surface area contributed by atoms with Crippen molar-refractivity contribution in [3.63, 3.8) is 0 Å². The summed E-state index contributed by atoms with van der Waals surface area (Å²) in [6, 6.07) is 8.55. The molecule has 2 N–H and O–H groups in total. The number of hydrogen-bond donors (Lipinski definition) is 2. The number of fused-ring (bicyclic) bond motifs is 8. The molecule has 5 rings (SSSR count). The SMILES string of the molecule is CCCCOC(=O)CCC1=C(C)c2cc3[nH]c(cc4[nH]c(cc5nc(cc1n2)C(CCC(=O)OCCCC)=C5C)c(CC)c4C)c(CC)c3C. The number of nitrogens with one attached hydrogen (secondary N) is 2. The van der Waals surface area contributed by atoms with Crippen LogP contribution in [0.25, 0.3) is 44.4 Å². The lowest BCUT2D eigenvalue weighted by Crippen LogP contribution is -2.06. The van der Waals surface area contributed by atoms with E-state index in [2.05, 4.69) is 83.6 Å². The van der Waals surface area contributed by atoms with Gasteiger partial charge in [-0.15, -0.1) is 0 Å². The number of H-pyrrole nitrogens is 2. The summed E-state index contributed by atoms with van der Waals surface area (Å²) >= 11 is 0. The Morgan fingerprint density at radius 3 is 1.44 bits per heavy atom. The van der Waals surface area contributed by atoms with Crippen LogP contribution in [0.1, 0.15) is 138 Å². The zero-order valence-electron chi connectivity index (χ0n) is 31.3. The van der Waals surface area contributed by atoms with Crippen LogP contribution in [0.15, 0.2) is 24.3 Å². The summed E-state index contributed by atoms with van der Waals surface area (Å²) in [4.78, 5) is 43.3. The van der Waals surface area contributed by atoms with Gasteiger partial charge in [0.2, 0.25) is 0 Å². The third-order valence-electron chi connectivity index (χ3n) is 10.2. The van der Waals surface area contributed by atoms with Gasteiger partial charge in [-0.1, -0.05) is 40.5 Å². The van der Waals surface area contributed by atoms with Crippen molar-refractivity contribution in [3.05, 3.63) is 69.3 Å². The van der Waals surface area contributed by atoms with E-state index in [1.54, 1.807) is 0 Å². The number of nitrogens with zero attached hydrogens (tertiary/aromatic N) is 2. The van der Waals surface area contributed by atoms with Crippen LogP contribution in [0, 0.1) is 13.8 Å². The highest BCUT2D eigenvalue weighted by Crippen LogP contribution is 2.38. The summed E-state index contributed by atoms with van der Waals surface area (Å²) in [7, 11) is 0. The molecule has 5 heterocycles. The summed E-state index contributed by atoms with van der Waals surface area (Å²) in [5.41, 5.74) is 16.6. The minimum atomic E-state index is -0.199. The summed E-state index contributed by atoms with van der Waals surface area (Å²) in [6.45, 7) is 17.9. The summed E-state index contributed by atoms with van der Waals surface area (Å²) in [5.74, 6) is -0.397. The molecule has 0 saturated carbocycles. The van der Waals surface area contributed by atoms with Gasteiger partial charge in [-0.2, -0.15) is 0 Å².